The summed E-state index contributed by atoms with van der Waals surface area (Å²) in [7, 11) is 0. The van der Waals surface area contributed by atoms with Crippen molar-refractivity contribution in [2.24, 2.45) is 0 Å². The third-order valence-corrected chi connectivity index (χ3v) is 4.93. The Kier molecular flexibility index (Phi) is 6.53. The van der Waals surface area contributed by atoms with Gasteiger partial charge in [-0.3, -0.25) is 0 Å². The lowest BCUT2D eigenvalue weighted by molar-refractivity contribution is 0.234. The van der Waals surface area contributed by atoms with Gasteiger partial charge in [0.1, 0.15) is 0 Å². The lowest BCUT2D eigenvalue weighted by Crippen LogP contribution is -2.32. The maximum atomic E-state index is 3.63. The predicted molar refractivity (Wildman–Crippen MR) is 90.1 cm³/mol. The molecule has 3 heteroatoms. The Hall–Kier alpha value is -0.380. The Morgan fingerprint density at radius 3 is 2.70 bits per heavy atom. The Labute approximate surface area is 132 Å². The zero-order valence-electron chi connectivity index (χ0n) is 12.7. The lowest BCUT2D eigenvalue weighted by atomic mass is 10.0. The van der Waals surface area contributed by atoms with E-state index in [1.807, 2.05) is 0 Å². The molecule has 0 saturated carbocycles. The van der Waals surface area contributed by atoms with E-state index in [0.29, 0.717) is 6.04 Å². The maximum Gasteiger partial charge on any atom is 0.0332 e. The fourth-order valence-corrected chi connectivity index (χ4v) is 3.54. The highest BCUT2D eigenvalue weighted by Gasteiger charge is 2.23. The minimum Gasteiger partial charge on any atom is -0.310 e. The molecule has 20 heavy (non-hydrogen) atoms. The first-order valence-corrected chi connectivity index (χ1v) is 8.76. The van der Waals surface area contributed by atoms with Gasteiger partial charge in [-0.15, -0.1) is 0 Å². The molecule has 1 fully saturated rings. The summed E-state index contributed by atoms with van der Waals surface area (Å²) in [6, 6.07) is 10.1. The second-order valence-corrected chi connectivity index (χ2v) is 6.61. The molecule has 0 aliphatic carbocycles. The molecule has 1 aliphatic rings. The van der Waals surface area contributed by atoms with Crippen LogP contribution < -0.4 is 5.32 Å². The van der Waals surface area contributed by atoms with Crippen molar-refractivity contribution in [3.8, 4) is 0 Å². The van der Waals surface area contributed by atoms with Crippen LogP contribution in [-0.2, 0) is 0 Å². The molecule has 1 aromatic carbocycles. The molecular formula is C17H27BrN2. The van der Waals surface area contributed by atoms with Gasteiger partial charge in [0, 0.05) is 23.1 Å². The minimum atomic E-state index is 0.478. The molecule has 2 nitrogen and oxygen atoms in total. The van der Waals surface area contributed by atoms with E-state index in [-0.39, 0.29) is 0 Å². The molecule has 2 atom stereocenters. The van der Waals surface area contributed by atoms with E-state index in [9.17, 15) is 0 Å². The molecule has 0 spiro atoms. The second-order valence-electron chi connectivity index (χ2n) is 5.69. The van der Waals surface area contributed by atoms with Crippen LogP contribution in [0, 0.1) is 0 Å². The average molecular weight is 339 g/mol. The summed E-state index contributed by atoms with van der Waals surface area (Å²) in [5.74, 6) is 0. The molecule has 2 unspecified atom stereocenters. The molecule has 1 N–H and O–H groups in total. The van der Waals surface area contributed by atoms with Crippen molar-refractivity contribution in [3.05, 3.63) is 34.3 Å². The topological polar surface area (TPSA) is 15.3 Å². The van der Waals surface area contributed by atoms with Crippen LogP contribution >= 0.6 is 15.9 Å². The Morgan fingerprint density at radius 2 is 2.05 bits per heavy atom. The minimum absolute atomic E-state index is 0.478. The standard InChI is InChI=1S/C17H27BrN2/c1-3-16-6-5-12-20(16)13-11-17(19-4-2)14-7-9-15(18)10-8-14/h7-10,16-17,19H,3-6,11-13H2,1-2H3. The molecule has 2 rings (SSSR count). The SMILES string of the molecule is CCNC(CCN1CCCC1CC)c1ccc(Br)cc1. The number of benzene rings is 1. The number of likely N-dealkylation sites (tertiary alicyclic amines) is 1. The zero-order valence-corrected chi connectivity index (χ0v) is 14.3. The highest BCUT2D eigenvalue weighted by atomic mass is 79.9. The molecule has 1 aliphatic heterocycles. The van der Waals surface area contributed by atoms with Crippen LogP contribution in [0.15, 0.2) is 28.7 Å². The fourth-order valence-electron chi connectivity index (χ4n) is 3.27. The Bertz CT molecular complexity index is 390. The van der Waals surface area contributed by atoms with Crippen LogP contribution in [0.25, 0.3) is 0 Å². The van der Waals surface area contributed by atoms with Crippen molar-refractivity contribution >= 4 is 15.9 Å². The monoisotopic (exact) mass is 338 g/mol. The van der Waals surface area contributed by atoms with Crippen LogP contribution in [0.1, 0.15) is 51.1 Å². The zero-order chi connectivity index (χ0) is 14.4. The third kappa shape index (κ3) is 4.31. The van der Waals surface area contributed by atoms with E-state index in [2.05, 4.69) is 64.3 Å². The van der Waals surface area contributed by atoms with E-state index in [4.69, 9.17) is 0 Å². The van der Waals surface area contributed by atoms with Crippen LogP contribution in [0.5, 0.6) is 0 Å². The summed E-state index contributed by atoms with van der Waals surface area (Å²) in [4.78, 5) is 2.68. The molecule has 0 amide bonds. The highest BCUT2D eigenvalue weighted by Crippen LogP contribution is 2.24. The second kappa shape index (κ2) is 8.16. The molecule has 112 valence electrons. The molecular weight excluding hydrogens is 312 g/mol. The van der Waals surface area contributed by atoms with Crippen molar-refractivity contribution in [1.82, 2.24) is 10.2 Å². The van der Waals surface area contributed by atoms with Crippen molar-refractivity contribution in [1.29, 1.82) is 0 Å². The molecule has 0 bridgehead atoms. The average Bonchev–Trinajstić information content (AvgIpc) is 2.92. The first kappa shape index (κ1) is 16.0. The lowest BCUT2D eigenvalue weighted by Gasteiger charge is -2.26. The van der Waals surface area contributed by atoms with Gasteiger partial charge in [0.25, 0.3) is 0 Å². The molecule has 1 aromatic rings. The Morgan fingerprint density at radius 1 is 1.30 bits per heavy atom. The van der Waals surface area contributed by atoms with Gasteiger partial charge in [-0.25, -0.2) is 0 Å². The van der Waals surface area contributed by atoms with Gasteiger partial charge in [-0.05, 0) is 56.5 Å². The van der Waals surface area contributed by atoms with Crippen LogP contribution in [0.2, 0.25) is 0 Å². The summed E-state index contributed by atoms with van der Waals surface area (Å²) in [6.07, 6.45) is 5.26. The number of nitrogens with zero attached hydrogens (tertiary/aromatic N) is 1. The van der Waals surface area contributed by atoms with Gasteiger partial charge in [0.05, 0.1) is 0 Å². The molecule has 0 radical (unpaired) electrons. The number of nitrogens with one attached hydrogen (secondary N) is 1. The van der Waals surface area contributed by atoms with E-state index >= 15 is 0 Å². The van der Waals surface area contributed by atoms with Gasteiger partial charge in [0.15, 0.2) is 0 Å². The third-order valence-electron chi connectivity index (χ3n) is 4.40. The summed E-state index contributed by atoms with van der Waals surface area (Å²) in [5, 5.41) is 3.63. The van der Waals surface area contributed by atoms with Gasteiger partial charge in [-0.2, -0.15) is 0 Å². The highest BCUT2D eigenvalue weighted by molar-refractivity contribution is 9.10. The normalized spacial score (nSPS) is 21.2. The number of halogens is 1. The van der Waals surface area contributed by atoms with E-state index in [1.54, 1.807) is 0 Å². The summed E-state index contributed by atoms with van der Waals surface area (Å²) in [5.41, 5.74) is 1.40. The van der Waals surface area contributed by atoms with E-state index in [0.717, 1.165) is 17.1 Å². The van der Waals surface area contributed by atoms with Crippen LogP contribution in [0.3, 0.4) is 0 Å². The Balaban J connectivity index is 1.93. The first-order valence-electron chi connectivity index (χ1n) is 7.97. The van der Waals surface area contributed by atoms with Gasteiger partial charge in [0.2, 0.25) is 0 Å². The van der Waals surface area contributed by atoms with Crippen LogP contribution in [-0.4, -0.2) is 30.6 Å². The number of hydrogen-bond donors (Lipinski definition) is 1. The quantitative estimate of drug-likeness (QED) is 0.794. The van der Waals surface area contributed by atoms with E-state index in [1.165, 1.54) is 44.3 Å². The molecule has 1 saturated heterocycles. The van der Waals surface area contributed by atoms with Crippen molar-refractivity contribution in [3.63, 3.8) is 0 Å². The van der Waals surface area contributed by atoms with Crippen molar-refractivity contribution in [2.45, 2.75) is 51.6 Å². The summed E-state index contributed by atoms with van der Waals surface area (Å²) < 4.78 is 1.15. The summed E-state index contributed by atoms with van der Waals surface area (Å²) in [6.45, 7) is 8.04. The maximum absolute atomic E-state index is 3.63. The fraction of sp³-hybridized carbons (Fsp3) is 0.647. The molecule has 1 heterocycles. The van der Waals surface area contributed by atoms with Crippen molar-refractivity contribution in [2.75, 3.05) is 19.6 Å². The largest absolute Gasteiger partial charge is 0.310 e. The number of hydrogen-bond acceptors (Lipinski definition) is 2. The number of rotatable bonds is 7. The molecule has 0 aromatic heterocycles. The van der Waals surface area contributed by atoms with E-state index < -0.39 is 0 Å². The van der Waals surface area contributed by atoms with Gasteiger partial charge < -0.3 is 10.2 Å². The first-order chi connectivity index (χ1) is 9.74. The van der Waals surface area contributed by atoms with Crippen molar-refractivity contribution < 1.29 is 0 Å². The van der Waals surface area contributed by atoms with Crippen LogP contribution in [0.4, 0.5) is 0 Å². The van der Waals surface area contributed by atoms with Gasteiger partial charge in [-0.1, -0.05) is 41.9 Å². The summed E-state index contributed by atoms with van der Waals surface area (Å²) >= 11 is 3.51. The van der Waals surface area contributed by atoms with Gasteiger partial charge >= 0.3 is 0 Å². The predicted octanol–water partition coefficient (Wildman–Crippen LogP) is 4.36. The smallest absolute Gasteiger partial charge is 0.0332 e.